The van der Waals surface area contributed by atoms with Crippen LogP contribution in [0.2, 0.25) is 0 Å². The van der Waals surface area contributed by atoms with Crippen molar-refractivity contribution in [2.45, 2.75) is 46.8 Å². The summed E-state index contributed by atoms with van der Waals surface area (Å²) in [5.41, 5.74) is 2.85. The first-order chi connectivity index (χ1) is 11.5. The maximum atomic E-state index is 12.6. The van der Waals surface area contributed by atoms with Gasteiger partial charge >= 0.3 is 6.09 Å². The van der Waals surface area contributed by atoms with Crippen molar-refractivity contribution in [1.29, 1.82) is 0 Å². The average molecular weight is 328 g/mol. The molecule has 1 aromatic heterocycles. The van der Waals surface area contributed by atoms with Crippen LogP contribution in [-0.2, 0) is 17.9 Å². The Morgan fingerprint density at radius 2 is 1.92 bits per heavy atom. The lowest BCUT2D eigenvalue weighted by atomic mass is 10.2. The summed E-state index contributed by atoms with van der Waals surface area (Å²) in [6.07, 6.45) is 1.30. The van der Waals surface area contributed by atoms with E-state index in [1.54, 1.807) is 10.6 Å². The highest BCUT2D eigenvalue weighted by Gasteiger charge is 2.12. The molecule has 0 spiro atoms. The van der Waals surface area contributed by atoms with Gasteiger partial charge in [-0.2, -0.15) is 0 Å². The molecule has 24 heavy (non-hydrogen) atoms. The highest BCUT2D eigenvalue weighted by molar-refractivity contribution is 5.84. The molecular weight excluding hydrogens is 304 g/mol. The van der Waals surface area contributed by atoms with E-state index in [-0.39, 0.29) is 17.9 Å². The predicted molar refractivity (Wildman–Crippen MR) is 95.3 cm³/mol. The number of amides is 1. The maximum absolute atomic E-state index is 12.6. The van der Waals surface area contributed by atoms with Gasteiger partial charge in [0.1, 0.15) is 12.3 Å². The van der Waals surface area contributed by atoms with Crippen molar-refractivity contribution in [2.24, 2.45) is 0 Å². The highest BCUT2D eigenvalue weighted by atomic mass is 16.5. The Hall–Kier alpha value is -2.56. The molecule has 0 radical (unpaired) electrons. The Morgan fingerprint density at radius 1 is 1.21 bits per heavy atom. The second kappa shape index (κ2) is 8.34. The van der Waals surface area contributed by atoms with E-state index in [2.05, 4.69) is 12.2 Å². The minimum absolute atomic E-state index is 0.168. The largest absolute Gasteiger partial charge is 0.444 e. The van der Waals surface area contributed by atoms with E-state index in [0.29, 0.717) is 6.54 Å². The first-order valence-electron chi connectivity index (χ1n) is 8.21. The third kappa shape index (κ3) is 4.47. The summed E-state index contributed by atoms with van der Waals surface area (Å²) in [4.78, 5) is 24.5. The fourth-order valence-corrected chi connectivity index (χ4v) is 2.44. The second-order valence-corrected chi connectivity index (χ2v) is 5.82. The van der Waals surface area contributed by atoms with Crippen LogP contribution in [-0.4, -0.2) is 10.7 Å². The number of nitrogens with zero attached hydrogens (tertiary/aromatic N) is 1. The summed E-state index contributed by atoms with van der Waals surface area (Å²) in [5.74, 6) is 0. The van der Waals surface area contributed by atoms with Crippen LogP contribution in [0.15, 0.2) is 41.2 Å². The third-order valence-corrected chi connectivity index (χ3v) is 4.00. The SMILES string of the molecule is CCCCn1c(C)c(C)cc(NC(=O)OCc2ccccc2)c1=O. The van der Waals surface area contributed by atoms with Crippen LogP contribution in [0.3, 0.4) is 0 Å². The van der Waals surface area contributed by atoms with E-state index < -0.39 is 6.09 Å². The van der Waals surface area contributed by atoms with Crippen molar-refractivity contribution in [3.63, 3.8) is 0 Å². The zero-order chi connectivity index (χ0) is 17.5. The molecule has 2 rings (SSSR count). The molecule has 0 bridgehead atoms. The monoisotopic (exact) mass is 328 g/mol. The number of nitrogens with one attached hydrogen (secondary N) is 1. The van der Waals surface area contributed by atoms with E-state index in [1.165, 1.54) is 0 Å². The van der Waals surface area contributed by atoms with Crippen LogP contribution in [0, 0.1) is 13.8 Å². The lowest BCUT2D eigenvalue weighted by Crippen LogP contribution is -2.28. The number of pyridine rings is 1. The third-order valence-electron chi connectivity index (χ3n) is 4.00. The highest BCUT2D eigenvalue weighted by Crippen LogP contribution is 2.12. The molecule has 0 saturated carbocycles. The van der Waals surface area contributed by atoms with Gasteiger partial charge in [0.25, 0.3) is 5.56 Å². The van der Waals surface area contributed by atoms with Gasteiger partial charge in [0.2, 0.25) is 0 Å². The molecule has 1 heterocycles. The van der Waals surface area contributed by atoms with Crippen LogP contribution in [0.25, 0.3) is 0 Å². The predicted octanol–water partition coefficient (Wildman–Crippen LogP) is 4.01. The smallest absolute Gasteiger partial charge is 0.412 e. The van der Waals surface area contributed by atoms with Gasteiger partial charge in [-0.3, -0.25) is 10.1 Å². The molecule has 2 aromatic rings. The number of carbonyl (C=O) groups excluding carboxylic acids is 1. The number of rotatable bonds is 6. The van der Waals surface area contributed by atoms with Crippen LogP contribution < -0.4 is 10.9 Å². The summed E-state index contributed by atoms with van der Waals surface area (Å²) in [5, 5.41) is 2.57. The number of hydrogen-bond acceptors (Lipinski definition) is 3. The first kappa shape index (κ1) is 17.8. The number of ether oxygens (including phenoxy) is 1. The number of aromatic nitrogens is 1. The molecule has 0 aliphatic heterocycles. The van der Waals surface area contributed by atoms with Gasteiger partial charge in [-0.25, -0.2) is 4.79 Å². The van der Waals surface area contributed by atoms with Gasteiger partial charge in [0, 0.05) is 12.2 Å². The number of unbranched alkanes of at least 4 members (excludes halogenated alkanes) is 1. The molecule has 5 heteroatoms. The standard InChI is InChI=1S/C19H24N2O3/c1-4-5-11-21-15(3)14(2)12-17(18(21)22)20-19(23)24-13-16-9-7-6-8-10-16/h6-10,12H,4-5,11,13H2,1-3H3,(H,20,23). The second-order valence-electron chi connectivity index (χ2n) is 5.82. The van der Waals surface area contributed by atoms with Crippen LogP contribution in [0.1, 0.15) is 36.6 Å². The Bertz CT molecular complexity index is 751. The van der Waals surface area contributed by atoms with Crippen molar-refractivity contribution < 1.29 is 9.53 Å². The van der Waals surface area contributed by atoms with E-state index in [4.69, 9.17) is 4.74 Å². The Balaban J connectivity index is 2.09. The molecule has 0 saturated heterocycles. The summed E-state index contributed by atoms with van der Waals surface area (Å²) < 4.78 is 6.89. The zero-order valence-electron chi connectivity index (χ0n) is 14.5. The molecule has 1 N–H and O–H groups in total. The lowest BCUT2D eigenvalue weighted by Gasteiger charge is -2.15. The average Bonchev–Trinajstić information content (AvgIpc) is 2.59. The van der Waals surface area contributed by atoms with Crippen LogP contribution in [0.5, 0.6) is 0 Å². The van der Waals surface area contributed by atoms with Crippen molar-refractivity contribution in [2.75, 3.05) is 5.32 Å². The first-order valence-corrected chi connectivity index (χ1v) is 8.21. The normalized spacial score (nSPS) is 10.5. The molecule has 1 amide bonds. The molecule has 1 aromatic carbocycles. The molecule has 0 aliphatic carbocycles. The van der Waals surface area contributed by atoms with Crippen molar-refractivity contribution in [3.05, 3.63) is 63.6 Å². The summed E-state index contributed by atoms with van der Waals surface area (Å²) >= 11 is 0. The Labute approximate surface area is 142 Å². The zero-order valence-corrected chi connectivity index (χ0v) is 14.5. The van der Waals surface area contributed by atoms with Gasteiger partial charge < -0.3 is 9.30 Å². The number of carbonyl (C=O) groups is 1. The van der Waals surface area contributed by atoms with Crippen molar-refractivity contribution in [1.82, 2.24) is 4.57 Å². The minimum Gasteiger partial charge on any atom is -0.444 e. The Kier molecular flexibility index (Phi) is 6.18. The molecule has 128 valence electrons. The van der Waals surface area contributed by atoms with Gasteiger partial charge in [0.15, 0.2) is 0 Å². The van der Waals surface area contributed by atoms with Crippen LogP contribution >= 0.6 is 0 Å². The maximum Gasteiger partial charge on any atom is 0.412 e. The molecule has 0 atom stereocenters. The Morgan fingerprint density at radius 3 is 2.58 bits per heavy atom. The van der Waals surface area contributed by atoms with E-state index in [9.17, 15) is 9.59 Å². The fourth-order valence-electron chi connectivity index (χ4n) is 2.44. The quantitative estimate of drug-likeness (QED) is 0.871. The fraction of sp³-hybridized carbons (Fsp3) is 0.368. The summed E-state index contributed by atoms with van der Waals surface area (Å²) in [6, 6.07) is 11.1. The van der Waals surface area contributed by atoms with E-state index in [0.717, 1.165) is 29.7 Å². The molecule has 0 aliphatic rings. The number of benzene rings is 1. The van der Waals surface area contributed by atoms with Crippen LogP contribution in [0.4, 0.5) is 10.5 Å². The van der Waals surface area contributed by atoms with Gasteiger partial charge in [-0.05, 0) is 37.5 Å². The summed E-state index contributed by atoms with van der Waals surface area (Å²) in [6.45, 7) is 6.75. The molecule has 0 unspecified atom stereocenters. The number of anilines is 1. The van der Waals surface area contributed by atoms with E-state index >= 15 is 0 Å². The van der Waals surface area contributed by atoms with Crippen molar-refractivity contribution >= 4 is 11.8 Å². The molecule has 0 fully saturated rings. The van der Waals surface area contributed by atoms with Gasteiger partial charge in [-0.15, -0.1) is 0 Å². The molecule has 5 nitrogen and oxygen atoms in total. The lowest BCUT2D eigenvalue weighted by molar-refractivity contribution is 0.155. The van der Waals surface area contributed by atoms with Gasteiger partial charge in [0.05, 0.1) is 0 Å². The molecular formula is C19H24N2O3. The van der Waals surface area contributed by atoms with E-state index in [1.807, 2.05) is 44.2 Å². The number of aryl methyl sites for hydroxylation is 1. The van der Waals surface area contributed by atoms with Gasteiger partial charge in [-0.1, -0.05) is 43.7 Å². The minimum atomic E-state index is -0.624. The van der Waals surface area contributed by atoms with Crippen molar-refractivity contribution in [3.8, 4) is 0 Å². The number of hydrogen-bond donors (Lipinski definition) is 1. The topological polar surface area (TPSA) is 60.3 Å². The summed E-state index contributed by atoms with van der Waals surface area (Å²) in [7, 11) is 0.